The number of carbonyl (C=O) groups is 2. The Morgan fingerprint density at radius 1 is 1.29 bits per heavy atom. The second-order valence-electron chi connectivity index (χ2n) is 5.49. The normalized spacial score (nSPS) is 10.8. The fourth-order valence-corrected chi connectivity index (χ4v) is 2.29. The van der Waals surface area contributed by atoms with Crippen molar-refractivity contribution in [2.75, 3.05) is 27.8 Å². The summed E-state index contributed by atoms with van der Waals surface area (Å²) in [5, 5.41) is 3.12. The van der Waals surface area contributed by atoms with Crippen molar-refractivity contribution in [3.05, 3.63) is 28.8 Å². The maximum absolute atomic E-state index is 12.1. The van der Waals surface area contributed by atoms with Crippen LogP contribution in [0, 0.1) is 0 Å². The van der Waals surface area contributed by atoms with E-state index in [1.807, 2.05) is 13.8 Å². The number of benzene rings is 1. The first-order valence-corrected chi connectivity index (χ1v) is 7.80. The van der Waals surface area contributed by atoms with E-state index in [9.17, 15) is 9.59 Å². The van der Waals surface area contributed by atoms with Gasteiger partial charge in [0.25, 0.3) is 0 Å². The Labute approximate surface area is 147 Å². The summed E-state index contributed by atoms with van der Waals surface area (Å²) in [4.78, 5) is 25.1. The molecule has 1 aromatic rings. The number of likely N-dealkylation sites (N-methyl/N-ethyl adjacent to an activating group) is 1. The number of hydrogen-bond donors (Lipinski definition) is 1. The van der Waals surface area contributed by atoms with Gasteiger partial charge in [-0.15, -0.1) is 0 Å². The van der Waals surface area contributed by atoms with Crippen LogP contribution in [0.15, 0.2) is 18.2 Å². The molecule has 0 saturated carbocycles. The first kappa shape index (κ1) is 19.8. The number of nitrogens with zero attached hydrogens (tertiary/aromatic N) is 1. The predicted octanol–water partition coefficient (Wildman–Crippen LogP) is 2.35. The zero-order valence-corrected chi connectivity index (χ0v) is 15.3. The molecule has 0 aliphatic carbocycles. The fraction of sp³-hybridized carbons (Fsp3) is 0.412. The minimum absolute atomic E-state index is 0.00591. The van der Waals surface area contributed by atoms with Crippen molar-refractivity contribution in [2.24, 2.45) is 0 Å². The zero-order chi connectivity index (χ0) is 18.3. The highest BCUT2D eigenvalue weighted by Crippen LogP contribution is 2.36. The van der Waals surface area contributed by atoms with Crippen LogP contribution in [-0.4, -0.2) is 50.6 Å². The monoisotopic (exact) mass is 354 g/mol. The summed E-state index contributed by atoms with van der Waals surface area (Å²) in [6.07, 6.45) is 2.98. The van der Waals surface area contributed by atoms with Crippen molar-refractivity contribution in [1.29, 1.82) is 0 Å². The van der Waals surface area contributed by atoms with Crippen molar-refractivity contribution in [3.63, 3.8) is 0 Å². The molecular weight excluding hydrogens is 332 g/mol. The summed E-state index contributed by atoms with van der Waals surface area (Å²) in [5.41, 5.74) is 0.686. The van der Waals surface area contributed by atoms with Gasteiger partial charge in [-0.1, -0.05) is 11.6 Å². The number of methoxy groups -OCH3 is 2. The van der Waals surface area contributed by atoms with Crippen LogP contribution in [0.3, 0.4) is 0 Å². The van der Waals surface area contributed by atoms with Crippen LogP contribution >= 0.6 is 11.6 Å². The zero-order valence-electron chi connectivity index (χ0n) is 14.6. The van der Waals surface area contributed by atoms with Gasteiger partial charge in [-0.05, 0) is 37.6 Å². The largest absolute Gasteiger partial charge is 0.493 e. The van der Waals surface area contributed by atoms with E-state index in [1.165, 1.54) is 25.2 Å². The van der Waals surface area contributed by atoms with Gasteiger partial charge in [-0.3, -0.25) is 9.59 Å². The Morgan fingerprint density at radius 2 is 1.96 bits per heavy atom. The molecule has 6 nitrogen and oxygen atoms in total. The second kappa shape index (κ2) is 9.17. The standard InChI is InChI=1S/C17H23ClN2O4/c1-11(2)19-15(21)10-20(3)16(22)7-6-12-8-13(18)17(24-5)14(9-12)23-4/h6-9,11H,10H2,1-5H3,(H,19,21)/b7-6+. The third kappa shape index (κ3) is 5.77. The molecule has 0 atom stereocenters. The Balaban J connectivity index is 2.79. The summed E-state index contributed by atoms with van der Waals surface area (Å²) in [6, 6.07) is 3.41. The average molecular weight is 355 g/mol. The van der Waals surface area contributed by atoms with E-state index in [2.05, 4.69) is 5.32 Å². The second-order valence-corrected chi connectivity index (χ2v) is 5.90. The molecule has 24 heavy (non-hydrogen) atoms. The van der Waals surface area contributed by atoms with E-state index in [4.69, 9.17) is 21.1 Å². The third-order valence-corrected chi connectivity index (χ3v) is 3.36. The van der Waals surface area contributed by atoms with Gasteiger partial charge in [0.15, 0.2) is 11.5 Å². The van der Waals surface area contributed by atoms with Crippen LogP contribution in [0.4, 0.5) is 0 Å². The Kier molecular flexibility index (Phi) is 7.58. The van der Waals surface area contributed by atoms with Gasteiger partial charge in [-0.25, -0.2) is 0 Å². The molecule has 0 fully saturated rings. The Bertz CT molecular complexity index is 629. The van der Waals surface area contributed by atoms with E-state index >= 15 is 0 Å². The molecular formula is C17H23ClN2O4. The van der Waals surface area contributed by atoms with Crippen molar-refractivity contribution in [2.45, 2.75) is 19.9 Å². The molecule has 0 unspecified atom stereocenters. The summed E-state index contributed by atoms with van der Waals surface area (Å²) in [6.45, 7) is 3.72. The van der Waals surface area contributed by atoms with Crippen LogP contribution < -0.4 is 14.8 Å². The maximum Gasteiger partial charge on any atom is 0.246 e. The van der Waals surface area contributed by atoms with Crippen LogP contribution in [0.25, 0.3) is 6.08 Å². The van der Waals surface area contributed by atoms with Crippen molar-refractivity contribution < 1.29 is 19.1 Å². The molecule has 0 radical (unpaired) electrons. The fourth-order valence-electron chi connectivity index (χ4n) is 1.99. The number of nitrogens with one attached hydrogen (secondary N) is 1. The Morgan fingerprint density at radius 3 is 2.50 bits per heavy atom. The molecule has 7 heteroatoms. The van der Waals surface area contributed by atoms with Gasteiger partial charge in [0, 0.05) is 19.2 Å². The van der Waals surface area contributed by atoms with Gasteiger partial charge in [0.05, 0.1) is 25.8 Å². The van der Waals surface area contributed by atoms with E-state index in [-0.39, 0.29) is 24.4 Å². The quantitative estimate of drug-likeness (QED) is 0.763. The van der Waals surface area contributed by atoms with Crippen LogP contribution in [0.1, 0.15) is 19.4 Å². The van der Waals surface area contributed by atoms with E-state index < -0.39 is 0 Å². The Hall–Kier alpha value is -2.21. The van der Waals surface area contributed by atoms with Crippen LogP contribution in [0.2, 0.25) is 5.02 Å². The maximum atomic E-state index is 12.1. The molecule has 0 spiro atoms. The lowest BCUT2D eigenvalue weighted by atomic mass is 10.2. The van der Waals surface area contributed by atoms with Crippen molar-refractivity contribution in [1.82, 2.24) is 10.2 Å². The minimum Gasteiger partial charge on any atom is -0.493 e. The number of hydrogen-bond acceptors (Lipinski definition) is 4. The number of halogens is 1. The van der Waals surface area contributed by atoms with Crippen molar-refractivity contribution in [3.8, 4) is 11.5 Å². The lowest BCUT2D eigenvalue weighted by Gasteiger charge is -2.16. The topological polar surface area (TPSA) is 67.9 Å². The summed E-state index contributed by atoms with van der Waals surface area (Å²) in [7, 11) is 4.57. The number of amides is 2. The molecule has 132 valence electrons. The average Bonchev–Trinajstić information content (AvgIpc) is 2.50. The first-order valence-electron chi connectivity index (χ1n) is 7.42. The number of ether oxygens (including phenoxy) is 2. The number of rotatable bonds is 7. The highest BCUT2D eigenvalue weighted by Gasteiger charge is 2.12. The summed E-state index contributed by atoms with van der Waals surface area (Å²) >= 11 is 6.12. The van der Waals surface area contributed by atoms with Gasteiger partial charge in [-0.2, -0.15) is 0 Å². The van der Waals surface area contributed by atoms with Gasteiger partial charge < -0.3 is 19.7 Å². The molecule has 1 rings (SSSR count). The number of carbonyl (C=O) groups excluding carboxylic acids is 2. The predicted molar refractivity (Wildman–Crippen MR) is 94.5 cm³/mol. The molecule has 1 aromatic carbocycles. The highest BCUT2D eigenvalue weighted by atomic mass is 35.5. The van der Waals surface area contributed by atoms with Crippen LogP contribution in [0.5, 0.6) is 11.5 Å². The molecule has 0 saturated heterocycles. The van der Waals surface area contributed by atoms with Crippen LogP contribution in [-0.2, 0) is 9.59 Å². The van der Waals surface area contributed by atoms with Gasteiger partial charge in [0.2, 0.25) is 11.8 Å². The lowest BCUT2D eigenvalue weighted by Crippen LogP contribution is -2.40. The molecule has 0 aliphatic rings. The van der Waals surface area contributed by atoms with E-state index in [0.29, 0.717) is 22.1 Å². The van der Waals surface area contributed by atoms with E-state index in [0.717, 1.165) is 0 Å². The van der Waals surface area contributed by atoms with Gasteiger partial charge >= 0.3 is 0 Å². The minimum atomic E-state index is -0.292. The third-order valence-electron chi connectivity index (χ3n) is 3.08. The van der Waals surface area contributed by atoms with E-state index in [1.54, 1.807) is 25.3 Å². The molecule has 1 N–H and O–H groups in total. The lowest BCUT2D eigenvalue weighted by molar-refractivity contribution is -0.131. The molecule has 0 bridgehead atoms. The summed E-state index contributed by atoms with van der Waals surface area (Å²) in [5.74, 6) is 0.412. The van der Waals surface area contributed by atoms with Gasteiger partial charge in [0.1, 0.15) is 0 Å². The first-order chi connectivity index (χ1) is 11.3. The highest BCUT2D eigenvalue weighted by molar-refractivity contribution is 6.32. The van der Waals surface area contributed by atoms with Crippen molar-refractivity contribution >= 4 is 29.5 Å². The smallest absolute Gasteiger partial charge is 0.246 e. The molecule has 0 heterocycles. The molecule has 0 aromatic heterocycles. The summed E-state index contributed by atoms with van der Waals surface area (Å²) < 4.78 is 10.4. The molecule has 2 amide bonds. The molecule has 0 aliphatic heterocycles. The SMILES string of the molecule is COc1cc(/C=C/C(=O)N(C)CC(=O)NC(C)C)cc(Cl)c1OC.